The highest BCUT2D eigenvalue weighted by Crippen LogP contribution is 2.40. The fraction of sp³-hybridized carbons (Fsp3) is 0.368. The van der Waals surface area contributed by atoms with E-state index < -0.39 is 71.9 Å². The Kier molecular flexibility index (Phi) is 8.74. The van der Waals surface area contributed by atoms with Gasteiger partial charge >= 0.3 is 18.3 Å². The summed E-state index contributed by atoms with van der Waals surface area (Å²) in [5, 5.41) is 9.36. The lowest BCUT2D eigenvalue weighted by atomic mass is 9.91. The lowest BCUT2D eigenvalue weighted by Crippen LogP contribution is -2.46. The van der Waals surface area contributed by atoms with Gasteiger partial charge in [0, 0.05) is 6.42 Å². The van der Waals surface area contributed by atoms with E-state index in [2.05, 4.69) is 25.3 Å². The van der Waals surface area contributed by atoms with Gasteiger partial charge in [0.25, 0.3) is 18.4 Å². The molecule has 0 bridgehead atoms. The van der Waals surface area contributed by atoms with Crippen LogP contribution in [0.15, 0.2) is 29.5 Å². The summed E-state index contributed by atoms with van der Waals surface area (Å²) in [4.78, 5) is 35.1. The molecule has 3 rings (SSSR count). The van der Waals surface area contributed by atoms with Crippen molar-refractivity contribution in [1.29, 1.82) is 0 Å². The van der Waals surface area contributed by atoms with Crippen molar-refractivity contribution in [1.82, 2.24) is 15.0 Å². The summed E-state index contributed by atoms with van der Waals surface area (Å²) in [6.07, 6.45) is -12.0. The second kappa shape index (κ2) is 11.1. The topological polar surface area (TPSA) is 153 Å². The fourth-order valence-electron chi connectivity index (χ4n) is 2.83. The molecule has 0 spiro atoms. The fourth-order valence-corrected chi connectivity index (χ4v) is 2.83. The third-order valence-corrected chi connectivity index (χ3v) is 4.53. The summed E-state index contributed by atoms with van der Waals surface area (Å²) in [6.45, 7) is 1.15. The molecule has 2 atom stereocenters. The number of nitrogens with zero attached hydrogens (tertiary/aromatic N) is 4. The molecule has 0 aliphatic carbocycles. The van der Waals surface area contributed by atoms with Crippen LogP contribution in [-0.4, -0.2) is 56.4 Å². The normalized spacial score (nSPS) is 19.6. The number of hydrogen-bond donors (Lipinski definition) is 3. The van der Waals surface area contributed by atoms with E-state index in [9.17, 15) is 44.3 Å². The van der Waals surface area contributed by atoms with Crippen molar-refractivity contribution in [3.8, 4) is 0 Å². The molecule has 0 aromatic carbocycles. The van der Waals surface area contributed by atoms with Crippen LogP contribution in [0.2, 0.25) is 0 Å². The molecule has 19 heteroatoms. The van der Waals surface area contributed by atoms with E-state index in [4.69, 9.17) is 20.4 Å². The Morgan fingerprint density at radius 2 is 1.76 bits per heavy atom. The highest BCUT2D eigenvalue weighted by atomic mass is 19.4. The maximum Gasteiger partial charge on any atom is 0.490 e. The van der Waals surface area contributed by atoms with Gasteiger partial charge in [-0.05, 0) is 19.1 Å². The zero-order valence-electron chi connectivity index (χ0n) is 18.6. The van der Waals surface area contributed by atoms with Gasteiger partial charge in [-0.3, -0.25) is 9.78 Å². The number of anilines is 1. The van der Waals surface area contributed by atoms with E-state index in [1.807, 2.05) is 0 Å². The van der Waals surface area contributed by atoms with Crippen molar-refractivity contribution >= 4 is 23.7 Å². The van der Waals surface area contributed by atoms with Gasteiger partial charge < -0.3 is 20.9 Å². The Hall–Kier alpha value is -4.19. The molecule has 0 saturated heterocycles. The smallest absolute Gasteiger partial charge is 0.475 e. The first-order chi connectivity index (χ1) is 17.3. The first kappa shape index (κ1) is 30.0. The van der Waals surface area contributed by atoms with E-state index in [0.29, 0.717) is 6.20 Å². The van der Waals surface area contributed by atoms with Crippen molar-refractivity contribution in [3.63, 3.8) is 0 Å². The maximum atomic E-state index is 14.4. The maximum absolute atomic E-state index is 14.4. The van der Waals surface area contributed by atoms with Crippen LogP contribution < -0.4 is 11.1 Å². The number of alkyl halides is 8. The van der Waals surface area contributed by atoms with Gasteiger partial charge in [-0.15, -0.1) is 0 Å². The van der Waals surface area contributed by atoms with Gasteiger partial charge in [0.15, 0.2) is 11.6 Å². The molecule has 4 N–H and O–H groups in total. The Labute approximate surface area is 205 Å². The number of amides is 1. The molecule has 2 aromatic rings. The van der Waals surface area contributed by atoms with E-state index in [1.54, 1.807) is 0 Å². The number of halogens is 9. The summed E-state index contributed by atoms with van der Waals surface area (Å²) in [7, 11) is 0. The minimum Gasteiger partial charge on any atom is -0.475 e. The van der Waals surface area contributed by atoms with E-state index in [-0.39, 0.29) is 11.5 Å². The number of nitrogens with one attached hydrogen (secondary N) is 1. The predicted octanol–water partition coefficient (Wildman–Crippen LogP) is 3.72. The summed E-state index contributed by atoms with van der Waals surface area (Å²) in [5.74, 6) is -4.93. The third-order valence-electron chi connectivity index (χ3n) is 4.53. The predicted molar refractivity (Wildman–Crippen MR) is 107 cm³/mol. The lowest BCUT2D eigenvalue weighted by molar-refractivity contribution is -0.192. The van der Waals surface area contributed by atoms with Gasteiger partial charge in [-0.1, -0.05) is 0 Å². The minimum absolute atomic E-state index is 0.254. The number of carboxylic acid groups (broad SMARTS) is 1. The molecule has 38 heavy (non-hydrogen) atoms. The molecule has 10 nitrogen and oxygen atoms in total. The number of rotatable bonds is 4. The molecule has 0 radical (unpaired) electrons. The molecule has 3 heterocycles. The first-order valence-electron chi connectivity index (χ1n) is 9.81. The largest absolute Gasteiger partial charge is 0.490 e. The zero-order chi connectivity index (χ0) is 29.1. The van der Waals surface area contributed by atoms with Gasteiger partial charge in [0.05, 0.1) is 12.4 Å². The number of aromatic nitrogens is 3. The molecule has 1 amide bonds. The number of aliphatic carboxylic acids is 1. The van der Waals surface area contributed by atoms with E-state index >= 15 is 0 Å². The Morgan fingerprint density at radius 1 is 1.16 bits per heavy atom. The van der Waals surface area contributed by atoms with Crippen LogP contribution in [0.1, 0.15) is 41.6 Å². The quantitative estimate of drug-likeness (QED) is 0.477. The van der Waals surface area contributed by atoms with Crippen LogP contribution in [-0.2, 0) is 15.1 Å². The highest BCUT2D eigenvalue weighted by molar-refractivity contribution is 6.02. The summed E-state index contributed by atoms with van der Waals surface area (Å²) >= 11 is 0. The number of hydrogen-bond acceptors (Lipinski definition) is 8. The van der Waals surface area contributed by atoms with Crippen LogP contribution in [0, 0.1) is 5.82 Å². The molecule has 0 fully saturated rings. The number of amidine groups is 1. The summed E-state index contributed by atoms with van der Waals surface area (Å²) in [5.41, 5.74) is 1.89. The Morgan fingerprint density at radius 3 is 2.24 bits per heavy atom. The van der Waals surface area contributed by atoms with E-state index in [0.717, 1.165) is 25.3 Å². The summed E-state index contributed by atoms with van der Waals surface area (Å²) in [6, 6.07) is -1.12. The van der Waals surface area contributed by atoms with Crippen LogP contribution in [0.25, 0.3) is 0 Å². The van der Waals surface area contributed by atoms with Crippen LogP contribution in [0.5, 0.6) is 0 Å². The van der Waals surface area contributed by atoms with Crippen molar-refractivity contribution in [2.24, 2.45) is 10.7 Å². The molecule has 1 aliphatic rings. The van der Waals surface area contributed by atoms with Gasteiger partial charge in [-0.2, -0.15) is 26.3 Å². The highest BCUT2D eigenvalue weighted by Gasteiger charge is 2.50. The van der Waals surface area contributed by atoms with Crippen molar-refractivity contribution < 1.29 is 58.9 Å². The van der Waals surface area contributed by atoms with Gasteiger partial charge in [-0.25, -0.2) is 32.9 Å². The second-order valence-corrected chi connectivity index (χ2v) is 7.47. The third kappa shape index (κ3) is 7.65. The average Bonchev–Trinajstić information content (AvgIpc) is 2.79. The number of carbonyl (C=O) groups excluding carboxylic acids is 1. The number of carbonyl (C=O) groups is 2. The molecule has 0 unspecified atom stereocenters. The Bertz CT molecular complexity index is 1200. The second-order valence-electron chi connectivity index (χ2n) is 7.47. The number of aliphatic imine (C=N–C) groups is 1. The average molecular weight is 562 g/mol. The molecular weight excluding hydrogens is 547 g/mol. The van der Waals surface area contributed by atoms with Gasteiger partial charge in [0.2, 0.25) is 0 Å². The zero-order valence-corrected chi connectivity index (χ0v) is 18.6. The lowest BCUT2D eigenvalue weighted by Gasteiger charge is -2.36. The summed E-state index contributed by atoms with van der Waals surface area (Å²) < 4.78 is 116. The van der Waals surface area contributed by atoms with Crippen LogP contribution in [0.4, 0.5) is 45.3 Å². The molecule has 0 saturated carbocycles. The number of carboxylic acids is 1. The van der Waals surface area contributed by atoms with Crippen LogP contribution in [0.3, 0.4) is 0 Å². The molecule has 1 aliphatic heterocycles. The first-order valence-corrected chi connectivity index (χ1v) is 9.81. The van der Waals surface area contributed by atoms with Crippen molar-refractivity contribution in [3.05, 3.63) is 47.4 Å². The van der Waals surface area contributed by atoms with Crippen molar-refractivity contribution in [2.75, 3.05) is 5.32 Å². The van der Waals surface area contributed by atoms with Crippen molar-refractivity contribution in [2.45, 2.75) is 43.8 Å². The minimum atomic E-state index is -5.08. The SMILES string of the molecule is C[C@@]1(c2nc(NC(=O)c3cnc(C(F)F)cn3)ccc2F)C[C@@H](C(F)(F)F)N=C(N)O1.O=C(O)C(F)(F)F. The standard InChI is InChI=1S/C17H14F6N6O2.C2HF3O2/c1-16(4-10(17(21,22)23)27-15(24)31-16)12-7(18)2-3-11(28-12)29-14(30)9-6-25-8(5-26-9)13(19)20;3-2(4,5)1(6)7/h2-3,5-6,10,13H,4H2,1H3,(H2,24,27)(H,28,29,30);(H,6,7)/t10-,16-;/m0./s1. The number of ether oxygens (including phenoxy) is 1. The Balaban J connectivity index is 0.000000638. The van der Waals surface area contributed by atoms with Gasteiger partial charge in [0.1, 0.15) is 28.7 Å². The number of nitrogens with two attached hydrogens (primary N) is 1. The number of pyridine rings is 1. The molecule has 2 aromatic heterocycles. The molecule has 208 valence electrons. The molecular formula is C19H15F9N6O4. The van der Waals surface area contributed by atoms with Crippen LogP contribution >= 0.6 is 0 Å². The monoisotopic (exact) mass is 562 g/mol. The van der Waals surface area contributed by atoms with E-state index in [1.165, 1.54) is 0 Å².